The first-order valence-electron chi connectivity index (χ1n) is 7.75. The number of nitrogens with zero attached hydrogens (tertiary/aromatic N) is 1. The van der Waals surface area contributed by atoms with Crippen LogP contribution in [0.5, 0.6) is 0 Å². The number of esters is 1. The quantitative estimate of drug-likeness (QED) is 0.385. The van der Waals surface area contributed by atoms with Crippen LogP contribution in [0.2, 0.25) is 0 Å². The topological polar surface area (TPSA) is 58.6 Å². The zero-order chi connectivity index (χ0) is 17.0. The van der Waals surface area contributed by atoms with Crippen molar-refractivity contribution in [1.29, 1.82) is 0 Å². The molecule has 0 radical (unpaired) electrons. The van der Waals surface area contributed by atoms with Gasteiger partial charge in [0.2, 0.25) is 0 Å². The lowest BCUT2D eigenvalue weighted by Crippen LogP contribution is -2.59. The van der Waals surface area contributed by atoms with Gasteiger partial charge < -0.3 is 15.0 Å². The van der Waals surface area contributed by atoms with E-state index in [9.17, 15) is 9.59 Å². The SMILES string of the molecule is CCOC(=O)[C@H](C(=O)c1ccccc1)[C@@H]1C[C@H](C)NC(=S)N1C. The molecule has 1 saturated heterocycles. The lowest BCUT2D eigenvalue weighted by Gasteiger charge is -2.41. The summed E-state index contributed by atoms with van der Waals surface area (Å²) in [6, 6.07) is 8.64. The lowest BCUT2D eigenvalue weighted by molar-refractivity contribution is -0.148. The number of thiocarbonyl (C=S) groups is 1. The van der Waals surface area contributed by atoms with Gasteiger partial charge in [0.15, 0.2) is 10.9 Å². The molecular weight excluding hydrogens is 312 g/mol. The van der Waals surface area contributed by atoms with Gasteiger partial charge in [-0.2, -0.15) is 0 Å². The maximum absolute atomic E-state index is 12.9. The highest BCUT2D eigenvalue weighted by atomic mass is 32.1. The van der Waals surface area contributed by atoms with E-state index in [4.69, 9.17) is 17.0 Å². The van der Waals surface area contributed by atoms with Crippen molar-refractivity contribution in [2.24, 2.45) is 5.92 Å². The summed E-state index contributed by atoms with van der Waals surface area (Å²) in [6.07, 6.45) is 0.638. The van der Waals surface area contributed by atoms with Gasteiger partial charge in [0.1, 0.15) is 5.92 Å². The van der Waals surface area contributed by atoms with Gasteiger partial charge in [-0.1, -0.05) is 30.3 Å². The van der Waals surface area contributed by atoms with Crippen LogP contribution in [-0.4, -0.2) is 47.5 Å². The number of benzene rings is 1. The van der Waals surface area contributed by atoms with Gasteiger partial charge in [0.25, 0.3) is 0 Å². The molecule has 3 atom stereocenters. The number of hydrogen-bond donors (Lipinski definition) is 1. The molecule has 1 N–H and O–H groups in total. The molecule has 1 aliphatic heterocycles. The first-order chi connectivity index (χ1) is 11.0. The monoisotopic (exact) mass is 334 g/mol. The molecular formula is C17H22N2O3S. The van der Waals surface area contributed by atoms with Crippen molar-refractivity contribution >= 4 is 29.1 Å². The fourth-order valence-electron chi connectivity index (χ4n) is 2.86. The molecule has 1 aromatic rings. The Balaban J connectivity index is 2.35. The molecule has 0 aliphatic carbocycles. The Morgan fingerprint density at radius 1 is 1.39 bits per heavy atom. The zero-order valence-electron chi connectivity index (χ0n) is 13.6. The second kappa shape index (κ2) is 7.55. The van der Waals surface area contributed by atoms with Crippen LogP contribution in [0.4, 0.5) is 0 Å². The van der Waals surface area contributed by atoms with Gasteiger partial charge in [0.05, 0.1) is 12.6 Å². The number of ether oxygens (including phenoxy) is 1. The standard InChI is InChI=1S/C17H22N2O3S/c1-4-22-16(21)14(15(20)12-8-6-5-7-9-12)13-10-11(2)18-17(23)19(13)3/h5-9,11,13-14H,4,10H2,1-3H3,(H,18,23)/t11-,13-,14-/m0/s1. The molecule has 0 aromatic heterocycles. The Morgan fingerprint density at radius 3 is 2.65 bits per heavy atom. The predicted octanol–water partition coefficient (Wildman–Crippen LogP) is 2.02. The van der Waals surface area contributed by atoms with Crippen molar-refractivity contribution in [3.63, 3.8) is 0 Å². The van der Waals surface area contributed by atoms with Crippen molar-refractivity contribution in [3.8, 4) is 0 Å². The number of carbonyl (C=O) groups is 2. The van der Waals surface area contributed by atoms with Crippen molar-refractivity contribution < 1.29 is 14.3 Å². The fraction of sp³-hybridized carbons (Fsp3) is 0.471. The molecule has 0 amide bonds. The molecule has 124 valence electrons. The van der Waals surface area contributed by atoms with E-state index in [0.717, 1.165) is 0 Å². The van der Waals surface area contributed by atoms with E-state index in [-0.39, 0.29) is 24.5 Å². The number of nitrogens with one attached hydrogen (secondary N) is 1. The van der Waals surface area contributed by atoms with E-state index in [1.54, 1.807) is 43.1 Å². The summed E-state index contributed by atoms with van der Waals surface area (Å²) in [6.45, 7) is 3.97. The molecule has 1 aliphatic rings. The number of carbonyl (C=O) groups excluding carboxylic acids is 2. The minimum absolute atomic E-state index is 0.101. The Hall–Kier alpha value is -1.95. The average Bonchev–Trinajstić information content (AvgIpc) is 2.53. The Bertz CT molecular complexity index is 591. The Labute approximate surface area is 142 Å². The lowest BCUT2D eigenvalue weighted by atomic mass is 9.85. The largest absolute Gasteiger partial charge is 0.465 e. The molecule has 0 saturated carbocycles. The fourth-order valence-corrected chi connectivity index (χ4v) is 3.19. The van der Waals surface area contributed by atoms with E-state index in [0.29, 0.717) is 17.1 Å². The number of ketones is 1. The predicted molar refractivity (Wildman–Crippen MR) is 92.3 cm³/mol. The molecule has 1 aromatic carbocycles. The normalized spacial score (nSPS) is 22.2. The summed E-state index contributed by atoms with van der Waals surface area (Å²) < 4.78 is 5.17. The highest BCUT2D eigenvalue weighted by Crippen LogP contribution is 2.25. The third kappa shape index (κ3) is 3.88. The van der Waals surface area contributed by atoms with Crippen molar-refractivity contribution in [2.45, 2.75) is 32.4 Å². The van der Waals surface area contributed by atoms with Crippen LogP contribution in [0.25, 0.3) is 0 Å². The van der Waals surface area contributed by atoms with Crippen LogP contribution in [0, 0.1) is 5.92 Å². The summed E-state index contributed by atoms with van der Waals surface area (Å²) in [5.41, 5.74) is 0.510. The van der Waals surface area contributed by atoms with Crippen LogP contribution >= 0.6 is 12.2 Å². The zero-order valence-corrected chi connectivity index (χ0v) is 14.4. The van der Waals surface area contributed by atoms with Gasteiger partial charge >= 0.3 is 5.97 Å². The second-order valence-electron chi connectivity index (χ2n) is 5.72. The van der Waals surface area contributed by atoms with Crippen molar-refractivity contribution in [2.75, 3.05) is 13.7 Å². The van der Waals surface area contributed by atoms with E-state index >= 15 is 0 Å². The first kappa shape index (κ1) is 17.4. The van der Waals surface area contributed by atoms with Crippen LogP contribution in [0.1, 0.15) is 30.6 Å². The molecule has 1 fully saturated rings. The molecule has 0 bridgehead atoms. The number of Topliss-reactive ketones (excluding diaryl/α,β-unsaturated/α-hetero) is 1. The summed E-state index contributed by atoms with van der Waals surface area (Å²) in [5, 5.41) is 3.70. The minimum Gasteiger partial charge on any atom is -0.465 e. The average molecular weight is 334 g/mol. The maximum Gasteiger partial charge on any atom is 0.318 e. The van der Waals surface area contributed by atoms with Gasteiger partial charge in [0, 0.05) is 18.7 Å². The van der Waals surface area contributed by atoms with Gasteiger partial charge in [-0.15, -0.1) is 0 Å². The van der Waals surface area contributed by atoms with Gasteiger partial charge in [-0.25, -0.2) is 0 Å². The summed E-state index contributed by atoms with van der Waals surface area (Å²) in [5.74, 6) is -1.60. The Kier molecular flexibility index (Phi) is 5.71. The van der Waals surface area contributed by atoms with E-state index in [1.807, 2.05) is 13.0 Å². The third-order valence-corrected chi connectivity index (χ3v) is 4.45. The third-order valence-electron chi connectivity index (χ3n) is 4.05. The summed E-state index contributed by atoms with van der Waals surface area (Å²) in [7, 11) is 1.80. The molecule has 6 heteroatoms. The van der Waals surface area contributed by atoms with Gasteiger partial charge in [-0.3, -0.25) is 9.59 Å². The highest BCUT2D eigenvalue weighted by Gasteiger charge is 2.42. The maximum atomic E-state index is 12.9. The van der Waals surface area contributed by atoms with Crippen LogP contribution in [-0.2, 0) is 9.53 Å². The first-order valence-corrected chi connectivity index (χ1v) is 8.15. The van der Waals surface area contributed by atoms with Crippen molar-refractivity contribution in [1.82, 2.24) is 10.2 Å². The van der Waals surface area contributed by atoms with Crippen LogP contribution in [0.3, 0.4) is 0 Å². The van der Waals surface area contributed by atoms with E-state index < -0.39 is 11.9 Å². The highest BCUT2D eigenvalue weighted by molar-refractivity contribution is 7.80. The number of hydrogen-bond acceptors (Lipinski definition) is 4. The molecule has 5 nitrogen and oxygen atoms in total. The molecule has 1 heterocycles. The smallest absolute Gasteiger partial charge is 0.318 e. The number of rotatable bonds is 5. The molecule has 0 unspecified atom stereocenters. The van der Waals surface area contributed by atoms with Crippen LogP contribution in [0.15, 0.2) is 30.3 Å². The molecule has 23 heavy (non-hydrogen) atoms. The summed E-state index contributed by atoms with van der Waals surface area (Å²) in [4.78, 5) is 27.2. The van der Waals surface area contributed by atoms with Crippen LogP contribution < -0.4 is 5.32 Å². The van der Waals surface area contributed by atoms with Crippen molar-refractivity contribution in [3.05, 3.63) is 35.9 Å². The molecule has 2 rings (SSSR count). The van der Waals surface area contributed by atoms with Gasteiger partial charge in [-0.05, 0) is 32.5 Å². The molecule has 0 spiro atoms. The minimum atomic E-state index is -0.884. The van der Waals surface area contributed by atoms with E-state index in [1.165, 1.54) is 0 Å². The van der Waals surface area contributed by atoms with E-state index in [2.05, 4.69) is 5.32 Å². The summed E-state index contributed by atoms with van der Waals surface area (Å²) >= 11 is 5.31. The second-order valence-corrected chi connectivity index (χ2v) is 6.11. The Morgan fingerprint density at radius 2 is 2.04 bits per heavy atom.